The quantitative estimate of drug-likeness (QED) is 0.788. The van der Waals surface area contributed by atoms with Gasteiger partial charge in [-0.05, 0) is 43.9 Å². The summed E-state index contributed by atoms with van der Waals surface area (Å²) in [7, 11) is -3.78. The van der Waals surface area contributed by atoms with Crippen LogP contribution in [0.3, 0.4) is 0 Å². The van der Waals surface area contributed by atoms with Gasteiger partial charge in [-0.2, -0.15) is 17.5 Å². The molecule has 0 aromatic heterocycles. The number of benzene rings is 1. The molecule has 1 heterocycles. The fourth-order valence-electron chi connectivity index (χ4n) is 2.89. The first-order chi connectivity index (χ1) is 12.7. The second-order valence-electron chi connectivity index (χ2n) is 6.79. The molecule has 3 rings (SSSR count). The van der Waals surface area contributed by atoms with Crippen LogP contribution in [0.4, 0.5) is 18.9 Å². The molecule has 1 aromatic carbocycles. The summed E-state index contributed by atoms with van der Waals surface area (Å²) >= 11 is 0. The van der Waals surface area contributed by atoms with Crippen molar-refractivity contribution in [2.45, 2.75) is 43.2 Å². The van der Waals surface area contributed by atoms with Crippen molar-refractivity contribution in [3.8, 4) is 5.75 Å². The van der Waals surface area contributed by atoms with Crippen molar-refractivity contribution >= 4 is 21.6 Å². The number of halogens is 3. The van der Waals surface area contributed by atoms with Crippen LogP contribution < -0.4 is 10.1 Å². The Morgan fingerprint density at radius 3 is 2.44 bits per heavy atom. The standard InChI is InChI=1S/C17H21F3N2O4S/c18-17(19,20)11-26-15-7-6-13(10-14(15)21-16(23)12-4-5-12)27(24,25)22-8-2-1-3-9-22/h6-7,10,12H,1-5,8-9,11H2,(H,21,23). The Morgan fingerprint density at radius 2 is 1.85 bits per heavy atom. The lowest BCUT2D eigenvalue weighted by molar-refractivity contribution is -0.153. The van der Waals surface area contributed by atoms with Crippen molar-refractivity contribution in [3.05, 3.63) is 18.2 Å². The van der Waals surface area contributed by atoms with Crippen LogP contribution in [0.2, 0.25) is 0 Å². The molecule has 1 aromatic rings. The smallest absolute Gasteiger partial charge is 0.422 e. The van der Waals surface area contributed by atoms with Crippen molar-refractivity contribution in [3.63, 3.8) is 0 Å². The van der Waals surface area contributed by atoms with Gasteiger partial charge in [-0.25, -0.2) is 8.42 Å². The number of ether oxygens (including phenoxy) is 1. The molecule has 1 saturated carbocycles. The van der Waals surface area contributed by atoms with Crippen LogP contribution in [0, 0.1) is 5.92 Å². The minimum absolute atomic E-state index is 0.0609. The molecule has 6 nitrogen and oxygen atoms in total. The Bertz CT molecular complexity index is 801. The normalized spacial score (nSPS) is 18.9. The summed E-state index contributed by atoms with van der Waals surface area (Å²) in [6.07, 6.45) is -0.656. The molecule has 1 saturated heterocycles. The molecular weight excluding hydrogens is 385 g/mol. The average molecular weight is 406 g/mol. The zero-order chi connectivity index (χ0) is 19.7. The summed E-state index contributed by atoms with van der Waals surface area (Å²) in [6.45, 7) is -0.728. The summed E-state index contributed by atoms with van der Waals surface area (Å²) in [5, 5.41) is 2.51. The van der Waals surface area contributed by atoms with Gasteiger partial charge >= 0.3 is 6.18 Å². The lowest BCUT2D eigenvalue weighted by Gasteiger charge is -2.26. The molecule has 1 N–H and O–H groups in total. The Labute approximate surface area is 155 Å². The van der Waals surface area contributed by atoms with Crippen LogP contribution >= 0.6 is 0 Å². The highest BCUT2D eigenvalue weighted by Gasteiger charge is 2.33. The number of sulfonamides is 1. The topological polar surface area (TPSA) is 75.7 Å². The highest BCUT2D eigenvalue weighted by atomic mass is 32.2. The molecule has 2 fully saturated rings. The zero-order valence-electron chi connectivity index (χ0n) is 14.6. The molecule has 0 bridgehead atoms. The van der Waals surface area contributed by atoms with Gasteiger partial charge in [0, 0.05) is 19.0 Å². The average Bonchev–Trinajstić information content (AvgIpc) is 3.45. The van der Waals surface area contributed by atoms with E-state index in [1.807, 2.05) is 0 Å². The van der Waals surface area contributed by atoms with E-state index in [-0.39, 0.29) is 28.2 Å². The molecule has 27 heavy (non-hydrogen) atoms. The predicted molar refractivity (Wildman–Crippen MR) is 92.0 cm³/mol. The maximum atomic E-state index is 12.8. The van der Waals surface area contributed by atoms with Gasteiger partial charge in [0.15, 0.2) is 6.61 Å². The van der Waals surface area contributed by atoms with Crippen molar-refractivity contribution < 1.29 is 31.1 Å². The Kier molecular flexibility index (Phi) is 5.66. The largest absolute Gasteiger partial charge is 0.482 e. The van der Waals surface area contributed by atoms with Gasteiger partial charge in [0.05, 0.1) is 10.6 Å². The van der Waals surface area contributed by atoms with Crippen molar-refractivity contribution in [2.75, 3.05) is 25.0 Å². The van der Waals surface area contributed by atoms with E-state index in [0.717, 1.165) is 25.3 Å². The molecule has 0 radical (unpaired) electrons. The van der Waals surface area contributed by atoms with Gasteiger partial charge in [0.25, 0.3) is 0 Å². The molecule has 1 aliphatic carbocycles. The van der Waals surface area contributed by atoms with Gasteiger partial charge in [0.1, 0.15) is 5.75 Å². The highest BCUT2D eigenvalue weighted by Crippen LogP contribution is 2.35. The summed E-state index contributed by atoms with van der Waals surface area (Å²) in [5.74, 6) is -0.749. The second kappa shape index (κ2) is 7.67. The third kappa shape index (κ3) is 5.13. The zero-order valence-corrected chi connectivity index (χ0v) is 15.4. The number of anilines is 1. The Hall–Kier alpha value is -1.81. The van der Waals surface area contributed by atoms with Crippen LogP contribution in [0.25, 0.3) is 0 Å². The molecule has 0 atom stereocenters. The van der Waals surface area contributed by atoms with E-state index in [2.05, 4.69) is 5.32 Å². The van der Waals surface area contributed by atoms with Crippen LogP contribution in [0.5, 0.6) is 5.75 Å². The molecular formula is C17H21F3N2O4S. The number of nitrogens with zero attached hydrogens (tertiary/aromatic N) is 1. The fraction of sp³-hybridized carbons (Fsp3) is 0.588. The molecule has 0 unspecified atom stereocenters. The molecule has 2 aliphatic rings. The van der Waals surface area contributed by atoms with Crippen molar-refractivity contribution in [1.29, 1.82) is 0 Å². The Balaban J connectivity index is 1.87. The number of hydrogen-bond donors (Lipinski definition) is 1. The number of amides is 1. The summed E-state index contributed by atoms with van der Waals surface area (Å²) < 4.78 is 69.1. The van der Waals surface area contributed by atoms with Gasteiger partial charge in [0.2, 0.25) is 15.9 Å². The van der Waals surface area contributed by atoms with E-state index >= 15 is 0 Å². The van der Waals surface area contributed by atoms with Crippen LogP contribution in [0.15, 0.2) is 23.1 Å². The molecule has 1 amide bonds. The number of rotatable bonds is 6. The van der Waals surface area contributed by atoms with Crippen LogP contribution in [0.1, 0.15) is 32.1 Å². The summed E-state index contributed by atoms with van der Waals surface area (Å²) in [5.41, 5.74) is -0.0609. The number of nitrogens with one attached hydrogen (secondary N) is 1. The first kappa shape index (κ1) is 19.9. The first-order valence-corrected chi connectivity index (χ1v) is 10.3. The highest BCUT2D eigenvalue weighted by molar-refractivity contribution is 7.89. The van der Waals surface area contributed by atoms with E-state index in [9.17, 15) is 26.4 Å². The van der Waals surface area contributed by atoms with Gasteiger partial charge in [-0.1, -0.05) is 6.42 Å². The number of piperidine rings is 1. The molecule has 150 valence electrons. The maximum absolute atomic E-state index is 12.8. The number of hydrogen-bond acceptors (Lipinski definition) is 4. The van der Waals surface area contributed by atoms with E-state index in [1.54, 1.807) is 0 Å². The number of alkyl halides is 3. The lowest BCUT2D eigenvalue weighted by Crippen LogP contribution is -2.35. The molecule has 0 spiro atoms. The Morgan fingerprint density at radius 1 is 1.19 bits per heavy atom. The van der Waals surface area contributed by atoms with E-state index in [1.165, 1.54) is 16.4 Å². The minimum Gasteiger partial charge on any atom is -0.482 e. The van der Waals surface area contributed by atoms with E-state index in [0.29, 0.717) is 25.9 Å². The minimum atomic E-state index is -4.55. The maximum Gasteiger partial charge on any atom is 0.422 e. The number of carbonyl (C=O) groups is 1. The van der Waals surface area contributed by atoms with E-state index < -0.39 is 22.8 Å². The van der Waals surface area contributed by atoms with Crippen molar-refractivity contribution in [1.82, 2.24) is 4.31 Å². The third-order valence-electron chi connectivity index (χ3n) is 4.50. The van der Waals surface area contributed by atoms with Gasteiger partial charge < -0.3 is 10.1 Å². The summed E-state index contributed by atoms with van der Waals surface area (Å²) in [4.78, 5) is 12.0. The van der Waals surface area contributed by atoms with Gasteiger partial charge in [-0.3, -0.25) is 4.79 Å². The van der Waals surface area contributed by atoms with Crippen LogP contribution in [-0.4, -0.2) is 44.5 Å². The first-order valence-electron chi connectivity index (χ1n) is 8.81. The second-order valence-corrected chi connectivity index (χ2v) is 8.73. The lowest BCUT2D eigenvalue weighted by atomic mass is 10.2. The molecule has 10 heteroatoms. The summed E-state index contributed by atoms with van der Waals surface area (Å²) in [6, 6.07) is 3.55. The van der Waals surface area contributed by atoms with Crippen molar-refractivity contribution in [2.24, 2.45) is 5.92 Å². The SMILES string of the molecule is O=C(Nc1cc(S(=O)(=O)N2CCCCC2)ccc1OCC(F)(F)F)C1CC1. The van der Waals surface area contributed by atoms with E-state index in [4.69, 9.17) is 4.74 Å². The fourth-order valence-corrected chi connectivity index (χ4v) is 4.43. The third-order valence-corrected chi connectivity index (χ3v) is 6.40. The van der Waals surface area contributed by atoms with Crippen LogP contribution in [-0.2, 0) is 14.8 Å². The van der Waals surface area contributed by atoms with Gasteiger partial charge in [-0.15, -0.1) is 0 Å². The predicted octanol–water partition coefficient (Wildman–Crippen LogP) is 3.15. The number of carbonyl (C=O) groups excluding carboxylic acids is 1. The molecule has 1 aliphatic heterocycles. The monoisotopic (exact) mass is 406 g/mol.